The van der Waals surface area contributed by atoms with E-state index in [-0.39, 0.29) is 18.5 Å². The minimum Gasteiger partial charge on any atom is -0.459 e. The van der Waals surface area contributed by atoms with Gasteiger partial charge >= 0.3 is 0 Å². The molecule has 0 fully saturated rings. The summed E-state index contributed by atoms with van der Waals surface area (Å²) in [7, 11) is 0. The summed E-state index contributed by atoms with van der Waals surface area (Å²) in [4.78, 5) is 4.83. The maximum atomic E-state index is 7.18. The Balaban J connectivity index is 1.06. The van der Waals surface area contributed by atoms with Crippen molar-refractivity contribution in [2.45, 2.75) is 0 Å². The van der Waals surface area contributed by atoms with Gasteiger partial charge in [0.15, 0.2) is 0 Å². The van der Waals surface area contributed by atoms with E-state index in [0.717, 1.165) is 67.7 Å². The lowest BCUT2D eigenvalue weighted by atomic mass is 9.31. The summed E-state index contributed by atoms with van der Waals surface area (Å²) in [5.41, 5.74) is 10.1. The Labute approximate surface area is 366 Å². The molecule has 2 heterocycles. The summed E-state index contributed by atoms with van der Waals surface area (Å²) in [6.07, 6.45) is 11.6. The van der Waals surface area contributed by atoms with Gasteiger partial charge in [0.1, 0.15) is 23.0 Å². The van der Waals surface area contributed by atoms with E-state index < -0.39 is 0 Å². The van der Waals surface area contributed by atoms with Crippen molar-refractivity contribution in [2.24, 2.45) is 11.8 Å². The molecule has 2 aliphatic carbocycles. The molecule has 0 aromatic heterocycles. The number of para-hydroxylation sites is 3. The number of hydrogen-bond acceptors (Lipinski definition) is 4. The van der Waals surface area contributed by atoms with Crippen molar-refractivity contribution >= 4 is 78.4 Å². The SMILES string of the molecule is C1=CC2C(N(c3ccccc3)c3cc4ccccc4c4ccccc34)=CC3=C(B4c5c(cccc5Oc5cc(N(c6ccccc6)c6ccccc6)c6ccccc6c54)O3)C2C=C1. The van der Waals surface area contributed by atoms with E-state index in [1.807, 2.05) is 0 Å². The molecule has 0 N–H and O–H groups in total. The van der Waals surface area contributed by atoms with Crippen LogP contribution < -0.4 is 30.2 Å². The molecule has 2 atom stereocenters. The Morgan fingerprint density at radius 2 is 0.921 bits per heavy atom. The minimum atomic E-state index is -0.113. The molecule has 5 heteroatoms. The minimum absolute atomic E-state index is 0.00339. The predicted molar refractivity (Wildman–Crippen MR) is 261 cm³/mol. The third-order valence-electron chi connectivity index (χ3n) is 13.3. The number of anilines is 5. The van der Waals surface area contributed by atoms with Crippen LogP contribution in [0.25, 0.3) is 32.3 Å². The quantitative estimate of drug-likeness (QED) is 0.123. The largest absolute Gasteiger partial charge is 0.459 e. The molecule has 63 heavy (non-hydrogen) atoms. The molecule has 0 bridgehead atoms. The number of allylic oxidation sites excluding steroid dienone is 6. The molecule has 2 unspecified atom stereocenters. The topological polar surface area (TPSA) is 24.9 Å². The monoisotopic (exact) mass is 806 g/mol. The Morgan fingerprint density at radius 1 is 0.397 bits per heavy atom. The zero-order chi connectivity index (χ0) is 41.4. The van der Waals surface area contributed by atoms with Gasteiger partial charge in [-0.15, -0.1) is 0 Å². The lowest BCUT2D eigenvalue weighted by Gasteiger charge is -2.44. The van der Waals surface area contributed by atoms with Gasteiger partial charge in [-0.25, -0.2) is 0 Å². The first-order valence-electron chi connectivity index (χ1n) is 21.8. The van der Waals surface area contributed by atoms with Crippen molar-refractivity contribution in [3.8, 4) is 17.2 Å². The molecule has 4 aliphatic rings. The first-order valence-corrected chi connectivity index (χ1v) is 21.8. The average molecular weight is 807 g/mol. The van der Waals surface area contributed by atoms with Gasteiger partial charge in [0.25, 0.3) is 6.71 Å². The van der Waals surface area contributed by atoms with Crippen molar-refractivity contribution in [3.05, 3.63) is 241 Å². The van der Waals surface area contributed by atoms with Gasteiger partial charge < -0.3 is 19.3 Å². The first-order chi connectivity index (χ1) is 31.3. The van der Waals surface area contributed by atoms with Gasteiger partial charge in [0.2, 0.25) is 0 Å². The zero-order valence-corrected chi connectivity index (χ0v) is 34.3. The van der Waals surface area contributed by atoms with E-state index in [4.69, 9.17) is 9.47 Å². The third-order valence-corrected chi connectivity index (χ3v) is 13.3. The smallest absolute Gasteiger partial charge is 0.257 e. The van der Waals surface area contributed by atoms with E-state index in [1.54, 1.807) is 0 Å². The van der Waals surface area contributed by atoms with Crippen LogP contribution in [0.2, 0.25) is 0 Å². The molecule has 0 radical (unpaired) electrons. The van der Waals surface area contributed by atoms with Crippen LogP contribution >= 0.6 is 0 Å². The van der Waals surface area contributed by atoms with E-state index in [1.165, 1.54) is 38.2 Å². The zero-order valence-electron chi connectivity index (χ0n) is 34.3. The molecule has 2 aliphatic heterocycles. The highest BCUT2D eigenvalue weighted by atomic mass is 16.5. The Morgan fingerprint density at radius 3 is 1.60 bits per heavy atom. The van der Waals surface area contributed by atoms with Gasteiger partial charge in [0.05, 0.1) is 11.4 Å². The standard InChI is InChI=1S/C58H39BN2O2/c1-4-20-39(21-5-1)60(40-22-6-2-7-23-40)50-36-54-56(47-31-16-14-29-45(47)50)59-57-48-32-17-15-30-46(48)51(37-55(57)63-53-34-18-33-52(62-54)58(53)59)61(41-24-8-3-9-25-41)49-35-38-19-10-11-26-42(38)43-27-12-13-28-44(43)49/h1-37,46,48H. The summed E-state index contributed by atoms with van der Waals surface area (Å²) in [6, 6.07) is 69.4. The molecule has 13 rings (SSSR count). The van der Waals surface area contributed by atoms with Gasteiger partial charge in [0, 0.05) is 63.0 Å². The molecule has 0 amide bonds. The second kappa shape index (κ2) is 14.3. The molecular formula is C58H39BN2O2. The second-order valence-electron chi connectivity index (χ2n) is 16.7. The number of rotatable bonds is 6. The fraction of sp³-hybridized carbons (Fsp3) is 0.0345. The molecule has 0 spiro atoms. The summed E-state index contributed by atoms with van der Waals surface area (Å²) in [5, 5.41) is 7.21. The van der Waals surface area contributed by atoms with Crippen molar-refractivity contribution in [1.29, 1.82) is 0 Å². The first kappa shape index (κ1) is 35.7. The second-order valence-corrected chi connectivity index (χ2v) is 16.7. The Hall–Kier alpha value is -8.02. The summed E-state index contributed by atoms with van der Waals surface area (Å²) < 4.78 is 14.3. The van der Waals surface area contributed by atoms with E-state index in [9.17, 15) is 0 Å². The molecule has 9 aromatic rings. The highest BCUT2D eigenvalue weighted by Gasteiger charge is 2.49. The highest BCUT2D eigenvalue weighted by Crippen LogP contribution is 2.51. The lowest BCUT2D eigenvalue weighted by molar-refractivity contribution is 0.411. The molecule has 4 nitrogen and oxygen atoms in total. The summed E-state index contributed by atoms with van der Waals surface area (Å²) >= 11 is 0. The highest BCUT2D eigenvalue weighted by molar-refractivity contribution is 6.95. The van der Waals surface area contributed by atoms with Crippen LogP contribution in [-0.2, 0) is 0 Å². The van der Waals surface area contributed by atoms with Gasteiger partial charge in [-0.1, -0.05) is 158 Å². The summed E-state index contributed by atoms with van der Waals surface area (Å²) in [5.74, 6) is 3.43. The molecule has 296 valence electrons. The molecule has 9 aromatic carbocycles. The van der Waals surface area contributed by atoms with E-state index in [0.29, 0.717) is 0 Å². The van der Waals surface area contributed by atoms with Gasteiger partial charge in [-0.3, -0.25) is 0 Å². The van der Waals surface area contributed by atoms with Crippen LogP contribution in [-0.4, -0.2) is 6.71 Å². The predicted octanol–water partition coefficient (Wildman–Crippen LogP) is 13.6. The van der Waals surface area contributed by atoms with Crippen molar-refractivity contribution < 1.29 is 9.47 Å². The van der Waals surface area contributed by atoms with Gasteiger partial charge in [-0.2, -0.15) is 0 Å². The number of benzene rings is 9. The molecule has 0 saturated heterocycles. The average Bonchev–Trinajstić information content (AvgIpc) is 3.35. The van der Waals surface area contributed by atoms with Crippen molar-refractivity contribution in [1.82, 2.24) is 0 Å². The molecule has 0 saturated carbocycles. The fourth-order valence-electron chi connectivity index (χ4n) is 10.7. The molecular weight excluding hydrogens is 767 g/mol. The lowest BCUT2D eigenvalue weighted by Crippen LogP contribution is -2.54. The fourth-order valence-corrected chi connectivity index (χ4v) is 10.7. The van der Waals surface area contributed by atoms with E-state index in [2.05, 4.69) is 234 Å². The van der Waals surface area contributed by atoms with Crippen LogP contribution in [0.15, 0.2) is 241 Å². The van der Waals surface area contributed by atoms with Crippen LogP contribution in [0, 0.1) is 11.8 Å². The van der Waals surface area contributed by atoms with Crippen LogP contribution in [0.1, 0.15) is 0 Å². The van der Waals surface area contributed by atoms with Crippen LogP contribution in [0.3, 0.4) is 0 Å². The van der Waals surface area contributed by atoms with Crippen LogP contribution in [0.5, 0.6) is 17.2 Å². The number of fused-ring (bicyclic) bond motifs is 10. The normalized spacial score (nSPS) is 16.7. The number of hydrogen-bond donors (Lipinski definition) is 0. The summed E-state index contributed by atoms with van der Waals surface area (Å²) in [6.45, 7) is -0.113. The third kappa shape index (κ3) is 5.56. The van der Waals surface area contributed by atoms with Gasteiger partial charge in [-0.05, 0) is 87.1 Å². The van der Waals surface area contributed by atoms with Crippen molar-refractivity contribution in [3.63, 3.8) is 0 Å². The Bertz CT molecular complexity index is 3390. The Kier molecular flexibility index (Phi) is 8.10. The maximum Gasteiger partial charge on any atom is 0.257 e. The number of ether oxygens (including phenoxy) is 2. The maximum absolute atomic E-state index is 7.18. The van der Waals surface area contributed by atoms with E-state index >= 15 is 0 Å². The van der Waals surface area contributed by atoms with Crippen LogP contribution in [0.4, 0.5) is 28.4 Å². The number of nitrogens with zero attached hydrogens (tertiary/aromatic N) is 2. The van der Waals surface area contributed by atoms with Crippen molar-refractivity contribution in [2.75, 3.05) is 9.80 Å².